The van der Waals surface area contributed by atoms with Crippen molar-refractivity contribution in [1.82, 2.24) is 4.90 Å². The van der Waals surface area contributed by atoms with Crippen LogP contribution in [0.1, 0.15) is 19.8 Å². The van der Waals surface area contributed by atoms with Crippen LogP contribution in [0.15, 0.2) is 18.2 Å². The minimum Gasteiger partial charge on any atom is -0.335 e. The normalized spacial score (nSPS) is 11.9. The molecule has 7 heteroatoms. The van der Waals surface area contributed by atoms with E-state index in [1.165, 1.54) is 4.90 Å². The van der Waals surface area contributed by atoms with Crippen molar-refractivity contribution in [1.29, 1.82) is 0 Å². The maximum Gasteiger partial charge on any atom is 0.243 e. The van der Waals surface area contributed by atoms with E-state index in [1.54, 1.807) is 25.2 Å². The topological polar surface area (TPSA) is 75.4 Å². The molecule has 0 heterocycles. The lowest BCUT2D eigenvalue weighted by Gasteiger charge is -2.20. The van der Waals surface area contributed by atoms with E-state index in [1.807, 2.05) is 6.92 Å². The summed E-state index contributed by atoms with van der Waals surface area (Å²) in [5, 5.41) is 3.41. The number of carbonyl (C=O) groups is 2. The minimum atomic E-state index is -0.572. The number of anilines is 1. The smallest absolute Gasteiger partial charge is 0.243 e. The third kappa shape index (κ3) is 5.53. The number of nitrogens with one attached hydrogen (secondary N) is 1. The Hall–Kier alpha value is -1.30. The predicted molar refractivity (Wildman–Crippen MR) is 85.6 cm³/mol. The second-order valence-corrected chi connectivity index (χ2v) is 5.58. The van der Waals surface area contributed by atoms with Gasteiger partial charge in [-0.2, -0.15) is 0 Å². The molecule has 0 aliphatic rings. The van der Waals surface area contributed by atoms with Crippen LogP contribution >= 0.6 is 23.2 Å². The Bertz CT molecular complexity index is 523. The number of nitrogens with zero attached hydrogens (tertiary/aromatic N) is 1. The van der Waals surface area contributed by atoms with Crippen molar-refractivity contribution < 1.29 is 9.59 Å². The van der Waals surface area contributed by atoms with Gasteiger partial charge in [-0.25, -0.2) is 0 Å². The van der Waals surface area contributed by atoms with Crippen LogP contribution < -0.4 is 11.1 Å². The van der Waals surface area contributed by atoms with Crippen molar-refractivity contribution in [2.45, 2.75) is 25.8 Å². The van der Waals surface area contributed by atoms with Crippen LogP contribution in [0.3, 0.4) is 0 Å². The molecular weight excluding hydrogens is 313 g/mol. The Kier molecular flexibility index (Phi) is 6.95. The van der Waals surface area contributed by atoms with Crippen molar-refractivity contribution in [3.8, 4) is 0 Å². The average Bonchev–Trinajstić information content (AvgIpc) is 2.42. The summed E-state index contributed by atoms with van der Waals surface area (Å²) in [6.07, 6.45) is 1.41. The number of amides is 2. The average molecular weight is 332 g/mol. The van der Waals surface area contributed by atoms with E-state index in [9.17, 15) is 9.59 Å². The molecule has 21 heavy (non-hydrogen) atoms. The van der Waals surface area contributed by atoms with Gasteiger partial charge in [-0.1, -0.05) is 36.5 Å². The lowest BCUT2D eigenvalue weighted by atomic mass is 10.1. The molecule has 0 aliphatic carbocycles. The van der Waals surface area contributed by atoms with Crippen LogP contribution in [0.5, 0.6) is 0 Å². The molecule has 0 aliphatic heterocycles. The van der Waals surface area contributed by atoms with Gasteiger partial charge in [0.1, 0.15) is 0 Å². The van der Waals surface area contributed by atoms with Crippen molar-refractivity contribution in [2.75, 3.05) is 18.9 Å². The number of hydrogen-bond acceptors (Lipinski definition) is 3. The molecule has 5 nitrogen and oxygen atoms in total. The van der Waals surface area contributed by atoms with E-state index < -0.39 is 6.04 Å². The Morgan fingerprint density at radius 3 is 2.57 bits per heavy atom. The zero-order chi connectivity index (χ0) is 16.0. The highest BCUT2D eigenvalue weighted by Gasteiger charge is 2.19. The molecule has 0 aromatic heterocycles. The quantitative estimate of drug-likeness (QED) is 0.840. The van der Waals surface area contributed by atoms with Crippen LogP contribution in [0, 0.1) is 0 Å². The van der Waals surface area contributed by atoms with Crippen LogP contribution in [-0.4, -0.2) is 36.3 Å². The fraction of sp³-hybridized carbons (Fsp3) is 0.429. The largest absolute Gasteiger partial charge is 0.335 e. The van der Waals surface area contributed by atoms with Crippen LogP contribution in [-0.2, 0) is 9.59 Å². The number of halogens is 2. The van der Waals surface area contributed by atoms with Gasteiger partial charge in [-0.05, 0) is 24.6 Å². The molecule has 0 saturated carbocycles. The SMILES string of the molecule is CCCC(N)C(=O)N(C)CC(=O)Nc1ccc(Cl)c(Cl)c1. The van der Waals surface area contributed by atoms with E-state index in [0.717, 1.165) is 6.42 Å². The molecule has 0 saturated heterocycles. The number of carbonyl (C=O) groups excluding carboxylic acids is 2. The van der Waals surface area contributed by atoms with Gasteiger partial charge in [0.05, 0.1) is 22.6 Å². The molecule has 1 atom stereocenters. The monoisotopic (exact) mass is 331 g/mol. The highest BCUT2D eigenvalue weighted by molar-refractivity contribution is 6.42. The maximum atomic E-state index is 11.9. The molecular formula is C14H19Cl2N3O2. The zero-order valence-corrected chi connectivity index (χ0v) is 13.5. The first kappa shape index (κ1) is 17.8. The van der Waals surface area contributed by atoms with Crippen LogP contribution in [0.4, 0.5) is 5.69 Å². The van der Waals surface area contributed by atoms with Crippen molar-refractivity contribution in [3.63, 3.8) is 0 Å². The van der Waals surface area contributed by atoms with Gasteiger partial charge in [-0.3, -0.25) is 9.59 Å². The predicted octanol–water partition coefficient (Wildman–Crippen LogP) is 2.52. The first-order valence-electron chi connectivity index (χ1n) is 6.60. The van der Waals surface area contributed by atoms with Crippen LogP contribution in [0.25, 0.3) is 0 Å². The van der Waals surface area contributed by atoms with E-state index in [-0.39, 0.29) is 18.4 Å². The third-order valence-corrected chi connectivity index (χ3v) is 3.62. The molecule has 1 rings (SSSR count). The van der Waals surface area contributed by atoms with Crippen molar-refractivity contribution in [3.05, 3.63) is 28.2 Å². The van der Waals surface area contributed by atoms with E-state index in [2.05, 4.69) is 5.32 Å². The Morgan fingerprint density at radius 1 is 1.33 bits per heavy atom. The Labute approximate surface area is 134 Å². The summed E-state index contributed by atoms with van der Waals surface area (Å²) in [7, 11) is 1.55. The highest BCUT2D eigenvalue weighted by atomic mass is 35.5. The number of rotatable bonds is 6. The Balaban J connectivity index is 2.56. The molecule has 3 N–H and O–H groups in total. The standard InChI is InChI=1S/C14H19Cl2N3O2/c1-3-4-12(17)14(21)19(2)8-13(20)18-9-5-6-10(15)11(16)7-9/h5-7,12H,3-4,8,17H2,1-2H3,(H,18,20). The first-order chi connectivity index (χ1) is 9.85. The lowest BCUT2D eigenvalue weighted by molar-refractivity contribution is -0.134. The third-order valence-electron chi connectivity index (χ3n) is 2.88. The maximum absolute atomic E-state index is 11.9. The van der Waals surface area contributed by atoms with E-state index >= 15 is 0 Å². The fourth-order valence-corrected chi connectivity index (χ4v) is 2.08. The van der Waals surface area contributed by atoms with Crippen molar-refractivity contribution >= 4 is 40.7 Å². The summed E-state index contributed by atoms with van der Waals surface area (Å²) in [6, 6.07) is 4.20. The summed E-state index contributed by atoms with van der Waals surface area (Å²) in [4.78, 5) is 25.1. The summed E-state index contributed by atoms with van der Waals surface area (Å²) >= 11 is 11.7. The van der Waals surface area contributed by atoms with Gasteiger partial charge < -0.3 is 16.0 Å². The zero-order valence-electron chi connectivity index (χ0n) is 12.0. The molecule has 1 aromatic rings. The highest BCUT2D eigenvalue weighted by Crippen LogP contribution is 2.24. The van der Waals surface area contributed by atoms with Gasteiger partial charge in [0, 0.05) is 12.7 Å². The second kappa shape index (κ2) is 8.22. The van der Waals surface area contributed by atoms with Gasteiger partial charge in [0.2, 0.25) is 11.8 Å². The number of likely N-dealkylation sites (N-methyl/N-ethyl adjacent to an activating group) is 1. The van der Waals surface area contributed by atoms with Gasteiger partial charge in [0.15, 0.2) is 0 Å². The van der Waals surface area contributed by atoms with Gasteiger partial charge in [-0.15, -0.1) is 0 Å². The Morgan fingerprint density at radius 2 is 2.00 bits per heavy atom. The number of nitrogens with two attached hydrogens (primary N) is 1. The van der Waals surface area contributed by atoms with Gasteiger partial charge in [0.25, 0.3) is 0 Å². The molecule has 2 amide bonds. The summed E-state index contributed by atoms with van der Waals surface area (Å²) in [5.74, 6) is -0.575. The number of benzene rings is 1. The summed E-state index contributed by atoms with van der Waals surface area (Å²) in [6.45, 7) is 1.88. The van der Waals surface area contributed by atoms with Crippen molar-refractivity contribution in [2.24, 2.45) is 5.73 Å². The fourth-order valence-electron chi connectivity index (χ4n) is 1.79. The molecule has 0 radical (unpaired) electrons. The van der Waals surface area contributed by atoms with Crippen LogP contribution in [0.2, 0.25) is 10.0 Å². The lowest BCUT2D eigenvalue weighted by Crippen LogP contribution is -2.44. The first-order valence-corrected chi connectivity index (χ1v) is 7.36. The molecule has 0 bridgehead atoms. The van der Waals surface area contributed by atoms with Gasteiger partial charge >= 0.3 is 0 Å². The summed E-state index contributed by atoms with van der Waals surface area (Å²) in [5.41, 5.74) is 6.26. The second-order valence-electron chi connectivity index (χ2n) is 4.77. The summed E-state index contributed by atoms with van der Waals surface area (Å²) < 4.78 is 0. The molecule has 1 aromatic carbocycles. The molecule has 116 valence electrons. The molecule has 0 fully saturated rings. The molecule has 1 unspecified atom stereocenters. The molecule has 0 spiro atoms. The van der Waals surface area contributed by atoms with E-state index in [4.69, 9.17) is 28.9 Å². The van der Waals surface area contributed by atoms with E-state index in [0.29, 0.717) is 22.2 Å². The number of hydrogen-bond donors (Lipinski definition) is 2. The minimum absolute atomic E-state index is 0.0729.